The highest BCUT2D eigenvalue weighted by molar-refractivity contribution is 5.82. The standard InChI is InChI=1S/C20H33N3O3/c1-4-21(5-2)19(24)18-16-11-22(12-17(16)18)15-9-13-7-8-14(10-15)23(13)20(25)26-6-3/h13-18H,4-12H2,1-3H3/t13?,14?,15?,16-,17+,18+. The highest BCUT2D eigenvalue weighted by Gasteiger charge is 2.61. The van der Waals surface area contributed by atoms with E-state index in [1.54, 1.807) is 0 Å². The van der Waals surface area contributed by atoms with Crippen molar-refractivity contribution in [3.63, 3.8) is 0 Å². The maximum atomic E-state index is 12.6. The molecule has 1 saturated carbocycles. The van der Waals surface area contributed by atoms with Crippen molar-refractivity contribution in [3.8, 4) is 0 Å². The van der Waals surface area contributed by atoms with Crippen molar-refractivity contribution in [2.45, 2.75) is 64.6 Å². The molecule has 4 rings (SSSR count). The van der Waals surface area contributed by atoms with Gasteiger partial charge < -0.3 is 14.5 Å². The molecule has 0 spiro atoms. The smallest absolute Gasteiger partial charge is 0.410 e. The predicted molar refractivity (Wildman–Crippen MR) is 98.7 cm³/mol. The molecule has 6 nitrogen and oxygen atoms in total. The average molecular weight is 364 g/mol. The lowest BCUT2D eigenvalue weighted by Gasteiger charge is -2.42. The summed E-state index contributed by atoms with van der Waals surface area (Å²) in [5.74, 6) is 1.80. The number of hydrogen-bond donors (Lipinski definition) is 0. The molecule has 0 aromatic rings. The van der Waals surface area contributed by atoms with Crippen LogP contribution in [0, 0.1) is 17.8 Å². The molecule has 1 aliphatic carbocycles. The SMILES string of the molecule is CCOC(=O)N1C2CCC1CC(N1C[C@@H]3[C@H](C1)[C@H]3C(=O)N(CC)CC)C2. The van der Waals surface area contributed by atoms with E-state index in [1.807, 2.05) is 16.7 Å². The third kappa shape index (κ3) is 2.90. The van der Waals surface area contributed by atoms with E-state index in [1.165, 1.54) is 0 Å². The van der Waals surface area contributed by atoms with Crippen LogP contribution >= 0.6 is 0 Å². The summed E-state index contributed by atoms with van der Waals surface area (Å²) in [6, 6.07) is 1.28. The Morgan fingerprint density at radius 2 is 1.54 bits per heavy atom. The molecule has 0 aromatic heterocycles. The molecule has 4 aliphatic rings. The first-order valence-electron chi connectivity index (χ1n) is 10.6. The molecule has 2 unspecified atom stereocenters. The fraction of sp³-hybridized carbons (Fsp3) is 0.900. The van der Waals surface area contributed by atoms with Crippen molar-refractivity contribution in [1.82, 2.24) is 14.7 Å². The summed E-state index contributed by atoms with van der Waals surface area (Å²) in [6.45, 7) is 10.3. The molecule has 0 radical (unpaired) electrons. The summed E-state index contributed by atoms with van der Waals surface area (Å²) in [5, 5.41) is 0. The highest BCUT2D eigenvalue weighted by Crippen LogP contribution is 2.54. The number of rotatable bonds is 5. The molecule has 26 heavy (non-hydrogen) atoms. The Hall–Kier alpha value is -1.30. The van der Waals surface area contributed by atoms with Crippen molar-refractivity contribution >= 4 is 12.0 Å². The number of carbonyl (C=O) groups excluding carboxylic acids is 2. The fourth-order valence-corrected chi connectivity index (χ4v) is 5.91. The van der Waals surface area contributed by atoms with Crippen molar-refractivity contribution in [2.75, 3.05) is 32.8 Å². The van der Waals surface area contributed by atoms with E-state index in [2.05, 4.69) is 18.7 Å². The van der Waals surface area contributed by atoms with Gasteiger partial charge in [0.05, 0.1) is 6.61 Å². The van der Waals surface area contributed by atoms with Crippen molar-refractivity contribution < 1.29 is 14.3 Å². The highest BCUT2D eigenvalue weighted by atomic mass is 16.6. The van der Waals surface area contributed by atoms with Crippen LogP contribution in [0.4, 0.5) is 4.79 Å². The van der Waals surface area contributed by atoms with Crippen molar-refractivity contribution in [2.24, 2.45) is 17.8 Å². The molecule has 3 aliphatic heterocycles. The van der Waals surface area contributed by atoms with Gasteiger partial charge in [-0.2, -0.15) is 0 Å². The first-order valence-corrected chi connectivity index (χ1v) is 10.6. The molecule has 5 atom stereocenters. The van der Waals surface area contributed by atoms with Gasteiger partial charge in [-0.15, -0.1) is 0 Å². The van der Waals surface area contributed by atoms with E-state index in [0.717, 1.165) is 51.9 Å². The lowest BCUT2D eigenvalue weighted by atomic mass is 9.96. The monoisotopic (exact) mass is 363 g/mol. The third-order valence-electron chi connectivity index (χ3n) is 7.29. The summed E-state index contributed by atoms with van der Waals surface area (Å²) in [4.78, 5) is 31.5. The summed E-state index contributed by atoms with van der Waals surface area (Å²) in [7, 11) is 0. The molecule has 6 heteroatoms. The minimum Gasteiger partial charge on any atom is -0.450 e. The normalized spacial score (nSPS) is 38.2. The predicted octanol–water partition coefficient (Wildman–Crippen LogP) is 2.18. The van der Waals surface area contributed by atoms with Crippen LogP contribution in [0.3, 0.4) is 0 Å². The van der Waals surface area contributed by atoms with E-state index in [0.29, 0.717) is 42.5 Å². The minimum absolute atomic E-state index is 0.118. The van der Waals surface area contributed by atoms with Crippen molar-refractivity contribution in [3.05, 3.63) is 0 Å². The van der Waals surface area contributed by atoms with Gasteiger partial charge in [0, 0.05) is 50.2 Å². The maximum absolute atomic E-state index is 12.6. The zero-order valence-electron chi connectivity index (χ0n) is 16.4. The van der Waals surface area contributed by atoms with Gasteiger partial charge >= 0.3 is 6.09 Å². The van der Waals surface area contributed by atoms with Crippen LogP contribution in [0.5, 0.6) is 0 Å². The quantitative estimate of drug-likeness (QED) is 0.751. The average Bonchev–Trinajstić information content (AvgIpc) is 2.99. The summed E-state index contributed by atoms with van der Waals surface area (Å²) in [6.07, 6.45) is 4.26. The summed E-state index contributed by atoms with van der Waals surface area (Å²) >= 11 is 0. The van der Waals surface area contributed by atoms with Gasteiger partial charge in [0.15, 0.2) is 0 Å². The second-order valence-electron chi connectivity index (χ2n) is 8.43. The minimum atomic E-state index is -0.118. The fourth-order valence-electron chi connectivity index (χ4n) is 5.91. The molecule has 2 amide bonds. The van der Waals surface area contributed by atoms with Gasteiger partial charge in [-0.3, -0.25) is 9.69 Å². The molecule has 4 fully saturated rings. The second-order valence-corrected chi connectivity index (χ2v) is 8.43. The molecule has 0 N–H and O–H groups in total. The maximum Gasteiger partial charge on any atom is 0.410 e. The van der Waals surface area contributed by atoms with E-state index >= 15 is 0 Å². The van der Waals surface area contributed by atoms with E-state index in [-0.39, 0.29) is 12.0 Å². The zero-order valence-corrected chi connectivity index (χ0v) is 16.4. The van der Waals surface area contributed by atoms with Crippen LogP contribution < -0.4 is 0 Å². The number of fused-ring (bicyclic) bond motifs is 3. The van der Waals surface area contributed by atoms with Gasteiger partial charge in [-0.05, 0) is 58.3 Å². The summed E-state index contributed by atoms with van der Waals surface area (Å²) in [5.41, 5.74) is 0. The Labute approximate surface area is 156 Å². The van der Waals surface area contributed by atoms with Gasteiger partial charge in [-0.1, -0.05) is 0 Å². The van der Waals surface area contributed by atoms with Crippen LogP contribution in [0.1, 0.15) is 46.5 Å². The lowest BCUT2D eigenvalue weighted by Crippen LogP contribution is -2.52. The van der Waals surface area contributed by atoms with E-state index < -0.39 is 0 Å². The third-order valence-corrected chi connectivity index (χ3v) is 7.29. The van der Waals surface area contributed by atoms with Gasteiger partial charge in [0.2, 0.25) is 5.91 Å². The van der Waals surface area contributed by atoms with E-state index in [4.69, 9.17) is 4.74 Å². The Morgan fingerprint density at radius 3 is 2.04 bits per heavy atom. The Bertz CT molecular complexity index is 539. The van der Waals surface area contributed by atoms with E-state index in [9.17, 15) is 9.59 Å². The topological polar surface area (TPSA) is 53.1 Å². The molecule has 2 bridgehead atoms. The van der Waals surface area contributed by atoms with Gasteiger partial charge in [-0.25, -0.2) is 4.79 Å². The van der Waals surface area contributed by atoms with Crippen LogP contribution in [-0.4, -0.2) is 77.6 Å². The molecule has 3 saturated heterocycles. The van der Waals surface area contributed by atoms with Crippen LogP contribution in [-0.2, 0) is 9.53 Å². The van der Waals surface area contributed by atoms with Gasteiger partial charge in [0.25, 0.3) is 0 Å². The lowest BCUT2D eigenvalue weighted by molar-refractivity contribution is -0.133. The van der Waals surface area contributed by atoms with Gasteiger partial charge in [0.1, 0.15) is 0 Å². The number of hydrogen-bond acceptors (Lipinski definition) is 4. The van der Waals surface area contributed by atoms with Crippen LogP contribution in [0.2, 0.25) is 0 Å². The van der Waals surface area contributed by atoms with Crippen molar-refractivity contribution in [1.29, 1.82) is 0 Å². The van der Waals surface area contributed by atoms with Crippen LogP contribution in [0.25, 0.3) is 0 Å². The largest absolute Gasteiger partial charge is 0.450 e. The molecule has 146 valence electrons. The number of carbonyl (C=O) groups is 2. The Kier molecular flexibility index (Phi) is 4.88. The summed E-state index contributed by atoms with van der Waals surface area (Å²) < 4.78 is 5.26. The number of ether oxygens (including phenoxy) is 1. The number of amides is 2. The molecular weight excluding hydrogens is 330 g/mol. The molecular formula is C20H33N3O3. The Morgan fingerprint density at radius 1 is 0.962 bits per heavy atom. The molecule has 3 heterocycles. The Balaban J connectivity index is 1.31. The first-order chi connectivity index (χ1) is 12.6. The number of piperidine rings is 2. The second kappa shape index (κ2) is 7.02. The first kappa shape index (κ1) is 18.1. The van der Waals surface area contributed by atoms with Crippen LogP contribution in [0.15, 0.2) is 0 Å². The zero-order chi connectivity index (χ0) is 18.4. The number of likely N-dealkylation sites (tertiary alicyclic amines) is 1. The number of nitrogens with zero attached hydrogens (tertiary/aromatic N) is 3. The molecule has 0 aromatic carbocycles.